The normalized spacial score (nSPS) is 11.7. The minimum absolute atomic E-state index is 0.604. The Balaban J connectivity index is 0.752. The van der Waals surface area contributed by atoms with Gasteiger partial charge in [0.05, 0.1) is 35.3 Å². The van der Waals surface area contributed by atoms with Gasteiger partial charge >= 0.3 is 0 Å². The number of rotatable bonds is 19. The molecule has 0 bridgehead atoms. The van der Waals surface area contributed by atoms with E-state index in [2.05, 4.69) is 372 Å². The van der Waals surface area contributed by atoms with Gasteiger partial charge < -0.3 is 28.4 Å². The van der Waals surface area contributed by atoms with Gasteiger partial charge in [-0.15, -0.1) is 0 Å². The maximum atomic E-state index is 6.94. The van der Waals surface area contributed by atoms with Crippen LogP contribution in [0.15, 0.2) is 340 Å². The highest BCUT2D eigenvalue weighted by atomic mass is 16.5. The van der Waals surface area contributed by atoms with Crippen LogP contribution >= 0.6 is 0 Å². The van der Waals surface area contributed by atoms with Gasteiger partial charge in [-0.25, -0.2) is 0 Å². The molecule has 18 rings (SSSR count). The summed E-state index contributed by atoms with van der Waals surface area (Å²) >= 11 is 0. The molecular formula is C96H74N4O2. The fourth-order valence-corrected chi connectivity index (χ4v) is 15.5. The van der Waals surface area contributed by atoms with E-state index in [1.165, 1.54) is 54.1 Å². The topological polar surface area (TPSA) is 34.8 Å². The van der Waals surface area contributed by atoms with Gasteiger partial charge in [0.25, 0.3) is 0 Å². The van der Waals surface area contributed by atoms with Crippen LogP contribution in [0.1, 0.15) is 39.5 Å². The first-order chi connectivity index (χ1) is 50.5. The number of nitrogens with zero attached hydrogens (tertiary/aromatic N) is 4. The van der Waals surface area contributed by atoms with Gasteiger partial charge in [-0.05, 0) is 212 Å². The molecule has 0 atom stereocenters. The highest BCUT2D eigenvalue weighted by molar-refractivity contribution is 6.14. The summed E-state index contributed by atoms with van der Waals surface area (Å²) in [6, 6.07) is 125. The molecule has 6 nitrogen and oxygen atoms in total. The van der Waals surface area contributed by atoms with Crippen molar-refractivity contribution in [2.45, 2.75) is 39.5 Å². The molecule has 2 aromatic heterocycles. The molecule has 16 aromatic carbocycles. The smallest absolute Gasteiger partial charge is 0.127 e. The molecule has 0 amide bonds. The summed E-state index contributed by atoms with van der Waals surface area (Å²) in [7, 11) is 0. The number of unbranched alkanes of at least 4 members (excludes halogenated alkanes) is 2. The number of hydrogen-bond donors (Lipinski definition) is 0. The van der Waals surface area contributed by atoms with Gasteiger partial charge in [0.1, 0.15) is 11.5 Å². The lowest BCUT2D eigenvalue weighted by Crippen LogP contribution is -2.10. The lowest BCUT2D eigenvalue weighted by molar-refractivity contribution is 0.306. The van der Waals surface area contributed by atoms with Gasteiger partial charge in [-0.1, -0.05) is 233 Å². The van der Waals surface area contributed by atoms with E-state index in [1.54, 1.807) is 0 Å². The van der Waals surface area contributed by atoms with Crippen LogP contribution in [0.3, 0.4) is 0 Å². The fourth-order valence-electron chi connectivity index (χ4n) is 15.5. The number of aromatic nitrogens is 2. The zero-order valence-electron chi connectivity index (χ0n) is 57.2. The molecule has 0 unspecified atom stereocenters. The molecule has 0 spiro atoms. The zero-order chi connectivity index (χ0) is 68.0. The third kappa shape index (κ3) is 11.2. The molecule has 6 heteroatoms. The van der Waals surface area contributed by atoms with Crippen molar-refractivity contribution in [3.8, 4) is 56.3 Å². The average Bonchev–Trinajstić information content (AvgIpc) is 1.59. The molecule has 0 saturated heterocycles. The Kier molecular flexibility index (Phi) is 16.1. The number of para-hydroxylation sites is 4. The fraction of sp³-hybridized carbons (Fsp3) is 0.0833. The van der Waals surface area contributed by atoms with Crippen LogP contribution in [0.25, 0.3) is 131 Å². The van der Waals surface area contributed by atoms with E-state index in [4.69, 9.17) is 9.47 Å². The Morgan fingerprint density at radius 2 is 0.598 bits per heavy atom. The average molecular weight is 1320 g/mol. The second-order valence-electron chi connectivity index (χ2n) is 26.8. The predicted molar refractivity (Wildman–Crippen MR) is 432 cm³/mol. The van der Waals surface area contributed by atoms with Crippen LogP contribution in [-0.2, 0) is 0 Å². The van der Waals surface area contributed by atoms with Crippen LogP contribution in [0.5, 0.6) is 11.5 Å². The van der Waals surface area contributed by atoms with Crippen molar-refractivity contribution in [2.75, 3.05) is 23.0 Å². The summed E-state index contributed by atoms with van der Waals surface area (Å²) in [6.45, 7) is 5.65. The molecule has 0 aliphatic heterocycles. The van der Waals surface area contributed by atoms with Crippen molar-refractivity contribution < 1.29 is 9.47 Å². The van der Waals surface area contributed by atoms with E-state index in [-0.39, 0.29) is 0 Å². The molecule has 0 radical (unpaired) electrons. The summed E-state index contributed by atoms with van der Waals surface area (Å²) < 4.78 is 18.7. The van der Waals surface area contributed by atoms with Crippen molar-refractivity contribution >= 4 is 121 Å². The lowest BCUT2D eigenvalue weighted by atomic mass is 9.89. The molecule has 0 aliphatic rings. The molecule has 18 aromatic rings. The summed E-state index contributed by atoms with van der Waals surface area (Å²) in [6.07, 6.45) is 3.93. The van der Waals surface area contributed by atoms with Crippen LogP contribution in [0, 0.1) is 0 Å². The maximum absolute atomic E-state index is 6.94. The second kappa shape index (κ2) is 26.6. The largest absolute Gasteiger partial charge is 0.493 e. The van der Waals surface area contributed by atoms with Gasteiger partial charge in [-0.3, -0.25) is 0 Å². The SMILES string of the molecule is CCCCOc1ccc2cc(-c3cccc(N(c4ccc5ccccc5c4)c4ccc5c6ccccc6n(-c6ccccc6)c5c4)c3)ccc2c1-c1c(OCCCC)ccc2cc(-c3cccc(N(c4ccc5ccccc5c4)c4ccc5c6ccccc6n(-c6ccccc6)c5c4)c3)ccc12. The van der Waals surface area contributed by atoms with Crippen LogP contribution < -0.4 is 19.3 Å². The zero-order valence-corrected chi connectivity index (χ0v) is 57.2. The van der Waals surface area contributed by atoms with Gasteiger partial charge in [0, 0.05) is 78.2 Å². The molecule has 0 N–H and O–H groups in total. The lowest BCUT2D eigenvalue weighted by Gasteiger charge is -2.27. The first kappa shape index (κ1) is 61.7. The van der Waals surface area contributed by atoms with Gasteiger partial charge in [0.15, 0.2) is 0 Å². The second-order valence-corrected chi connectivity index (χ2v) is 26.8. The highest BCUT2D eigenvalue weighted by Crippen LogP contribution is 2.49. The van der Waals surface area contributed by atoms with Crippen molar-refractivity contribution in [2.24, 2.45) is 0 Å². The first-order valence-corrected chi connectivity index (χ1v) is 35.9. The molecule has 490 valence electrons. The van der Waals surface area contributed by atoms with E-state index in [0.717, 1.165) is 149 Å². The summed E-state index contributed by atoms with van der Waals surface area (Å²) in [5, 5.41) is 14.1. The standard InChI is InChI=1S/C96H74N4O2/c1-3-5-55-101-93-53-43-73-57-71(69-27-21-33-77(61-69)97(79-45-39-65-23-13-15-25-67(65)59-79)81-47-51-87-85-35-17-19-37-89(85)99(91(87)63-81)75-29-9-7-10-30-75)41-49-83(73)95(93)96-84-50-42-72(58-74(84)44-54-94(96)102-56-6-4-2)70-28-22-34-78(62-70)98(80-46-40-66-24-14-16-26-68(66)60-80)82-48-52-88-86-36-18-20-38-90(86)100(92(88)64-82)76-31-11-8-12-32-76/h7-54,57-64H,3-6,55-56H2,1-2H3. The molecule has 0 saturated carbocycles. The Labute approximate surface area is 594 Å². The molecule has 102 heavy (non-hydrogen) atoms. The van der Waals surface area contributed by atoms with E-state index >= 15 is 0 Å². The van der Waals surface area contributed by atoms with Crippen LogP contribution in [-0.4, -0.2) is 22.3 Å². The quantitative estimate of drug-likeness (QED) is 0.0756. The van der Waals surface area contributed by atoms with Crippen molar-refractivity contribution in [3.05, 3.63) is 340 Å². The number of ether oxygens (including phenoxy) is 2. The molecule has 0 fully saturated rings. The van der Waals surface area contributed by atoms with Crippen LogP contribution in [0.4, 0.5) is 34.1 Å². The Hall–Kier alpha value is -12.6. The summed E-state index contributed by atoms with van der Waals surface area (Å²) in [5.41, 5.74) is 19.9. The monoisotopic (exact) mass is 1310 g/mol. The van der Waals surface area contributed by atoms with Gasteiger partial charge in [0.2, 0.25) is 0 Å². The molecule has 0 aliphatic carbocycles. The summed E-state index contributed by atoms with van der Waals surface area (Å²) in [5.74, 6) is 1.70. The van der Waals surface area contributed by atoms with Crippen LogP contribution in [0.2, 0.25) is 0 Å². The maximum Gasteiger partial charge on any atom is 0.127 e. The number of hydrogen-bond acceptors (Lipinski definition) is 4. The van der Waals surface area contributed by atoms with Crippen molar-refractivity contribution in [3.63, 3.8) is 0 Å². The van der Waals surface area contributed by atoms with Gasteiger partial charge in [-0.2, -0.15) is 0 Å². The predicted octanol–water partition coefficient (Wildman–Crippen LogP) is 26.8. The minimum Gasteiger partial charge on any atom is -0.493 e. The molecular weight excluding hydrogens is 1240 g/mol. The third-order valence-electron chi connectivity index (χ3n) is 20.4. The Bertz CT molecular complexity index is 5830. The first-order valence-electron chi connectivity index (χ1n) is 35.9. The third-order valence-corrected chi connectivity index (χ3v) is 20.4. The van der Waals surface area contributed by atoms with E-state index in [0.29, 0.717) is 13.2 Å². The molecule has 2 heterocycles. The van der Waals surface area contributed by atoms with Crippen molar-refractivity contribution in [1.29, 1.82) is 0 Å². The van der Waals surface area contributed by atoms with E-state index in [1.807, 2.05) is 0 Å². The Morgan fingerprint density at radius 1 is 0.245 bits per heavy atom. The van der Waals surface area contributed by atoms with Crippen molar-refractivity contribution in [1.82, 2.24) is 9.13 Å². The number of benzene rings is 16. The minimum atomic E-state index is 0.604. The number of fused-ring (bicyclic) bond motifs is 10. The highest BCUT2D eigenvalue weighted by Gasteiger charge is 2.24. The van der Waals surface area contributed by atoms with E-state index < -0.39 is 0 Å². The number of anilines is 6. The summed E-state index contributed by atoms with van der Waals surface area (Å²) in [4.78, 5) is 4.83. The Morgan fingerprint density at radius 3 is 1.05 bits per heavy atom. The van der Waals surface area contributed by atoms with E-state index in [9.17, 15) is 0 Å².